The zero-order valence-corrected chi connectivity index (χ0v) is 12.2. The SMILES string of the molecule is C=C.O=C1CCN(S(=O)(=O)c2ccc([N+](=O)[O-])cc2)CC1. The van der Waals surface area contributed by atoms with Crippen LogP contribution in [0.2, 0.25) is 0 Å². The lowest BCUT2D eigenvalue weighted by atomic mass is 10.1. The summed E-state index contributed by atoms with van der Waals surface area (Å²) in [6.07, 6.45) is 0.429. The van der Waals surface area contributed by atoms with Crippen molar-refractivity contribution < 1.29 is 18.1 Å². The molecule has 2 rings (SSSR count). The third-order valence-electron chi connectivity index (χ3n) is 2.97. The lowest BCUT2D eigenvalue weighted by Gasteiger charge is -2.25. The molecule has 0 radical (unpaired) electrons. The topological polar surface area (TPSA) is 97.6 Å². The second-order valence-corrected chi connectivity index (χ2v) is 6.13. The van der Waals surface area contributed by atoms with E-state index in [2.05, 4.69) is 13.2 Å². The number of hydrogen-bond acceptors (Lipinski definition) is 5. The molecule has 7 nitrogen and oxygen atoms in total. The Morgan fingerprint density at radius 3 is 2.00 bits per heavy atom. The highest BCUT2D eigenvalue weighted by Crippen LogP contribution is 2.21. The first-order valence-electron chi connectivity index (χ1n) is 6.17. The zero-order valence-electron chi connectivity index (χ0n) is 11.4. The van der Waals surface area contributed by atoms with Crippen molar-refractivity contribution in [2.24, 2.45) is 0 Å². The van der Waals surface area contributed by atoms with E-state index >= 15 is 0 Å². The van der Waals surface area contributed by atoms with Crippen LogP contribution in [0.15, 0.2) is 42.3 Å². The highest BCUT2D eigenvalue weighted by Gasteiger charge is 2.28. The van der Waals surface area contributed by atoms with Crippen LogP contribution in [0, 0.1) is 10.1 Å². The summed E-state index contributed by atoms with van der Waals surface area (Å²) in [7, 11) is -3.67. The average molecular weight is 312 g/mol. The molecule has 0 amide bonds. The van der Waals surface area contributed by atoms with Crippen molar-refractivity contribution in [2.45, 2.75) is 17.7 Å². The summed E-state index contributed by atoms with van der Waals surface area (Å²) in [5.41, 5.74) is -0.159. The molecule has 114 valence electrons. The summed E-state index contributed by atoms with van der Waals surface area (Å²) >= 11 is 0. The number of nitro groups is 1. The second-order valence-electron chi connectivity index (χ2n) is 4.19. The second kappa shape index (κ2) is 7.09. The first-order chi connectivity index (χ1) is 9.91. The molecule has 0 bridgehead atoms. The lowest BCUT2D eigenvalue weighted by Crippen LogP contribution is -2.38. The van der Waals surface area contributed by atoms with E-state index in [0.29, 0.717) is 0 Å². The Morgan fingerprint density at radius 2 is 1.57 bits per heavy atom. The van der Waals surface area contributed by atoms with Crippen LogP contribution in [0.25, 0.3) is 0 Å². The number of hydrogen-bond donors (Lipinski definition) is 0. The summed E-state index contributed by atoms with van der Waals surface area (Å²) < 4.78 is 25.7. The number of carbonyl (C=O) groups excluding carboxylic acids is 1. The zero-order chi connectivity index (χ0) is 16.0. The molecule has 1 saturated heterocycles. The highest BCUT2D eigenvalue weighted by molar-refractivity contribution is 7.89. The molecule has 0 aliphatic carbocycles. The van der Waals surface area contributed by atoms with Gasteiger partial charge in [0.15, 0.2) is 0 Å². The summed E-state index contributed by atoms with van der Waals surface area (Å²) in [5, 5.41) is 10.5. The molecule has 0 saturated carbocycles. The summed E-state index contributed by atoms with van der Waals surface area (Å²) in [5.74, 6) is 0.0511. The fourth-order valence-electron chi connectivity index (χ4n) is 1.86. The number of non-ortho nitro benzene ring substituents is 1. The maximum atomic E-state index is 12.2. The van der Waals surface area contributed by atoms with Crippen LogP contribution >= 0.6 is 0 Å². The van der Waals surface area contributed by atoms with Gasteiger partial charge in [-0.3, -0.25) is 14.9 Å². The van der Waals surface area contributed by atoms with E-state index in [1.54, 1.807) is 0 Å². The third-order valence-corrected chi connectivity index (χ3v) is 4.88. The van der Waals surface area contributed by atoms with Gasteiger partial charge in [-0.15, -0.1) is 13.2 Å². The van der Waals surface area contributed by atoms with Gasteiger partial charge in [-0.1, -0.05) is 0 Å². The van der Waals surface area contributed by atoms with Crippen LogP contribution in [-0.4, -0.2) is 36.5 Å². The minimum absolute atomic E-state index is 0.00690. The smallest absolute Gasteiger partial charge is 0.269 e. The Morgan fingerprint density at radius 1 is 1.10 bits per heavy atom. The number of sulfonamides is 1. The Labute approximate surface area is 123 Å². The van der Waals surface area contributed by atoms with Crippen molar-refractivity contribution in [3.05, 3.63) is 47.5 Å². The number of Topliss-reactive ketones (excluding diaryl/α,β-unsaturated/α-hetero) is 1. The molecule has 8 heteroatoms. The number of benzene rings is 1. The normalized spacial score (nSPS) is 15.9. The monoisotopic (exact) mass is 312 g/mol. The number of carbonyl (C=O) groups is 1. The molecule has 1 fully saturated rings. The number of nitro benzene ring substituents is 1. The van der Waals surface area contributed by atoms with Gasteiger partial charge in [0.1, 0.15) is 5.78 Å². The van der Waals surface area contributed by atoms with Gasteiger partial charge in [0.05, 0.1) is 9.82 Å². The molecule has 1 aliphatic rings. The summed E-state index contributed by atoms with van der Waals surface area (Å²) in [4.78, 5) is 21.0. The predicted molar refractivity (Wildman–Crippen MR) is 77.4 cm³/mol. The lowest BCUT2D eigenvalue weighted by molar-refractivity contribution is -0.384. The van der Waals surface area contributed by atoms with Gasteiger partial charge < -0.3 is 0 Å². The molecule has 1 heterocycles. The van der Waals surface area contributed by atoms with Gasteiger partial charge in [0.2, 0.25) is 10.0 Å². The van der Waals surface area contributed by atoms with Gasteiger partial charge in [0, 0.05) is 38.1 Å². The summed E-state index contributed by atoms with van der Waals surface area (Å²) in [6, 6.07) is 4.73. The molecule has 0 atom stereocenters. The number of nitrogens with zero attached hydrogens (tertiary/aromatic N) is 2. The Bertz CT molecular complexity index is 614. The summed E-state index contributed by atoms with van der Waals surface area (Å²) in [6.45, 7) is 6.33. The molecular formula is C13H16N2O5S. The van der Waals surface area contributed by atoms with Crippen LogP contribution in [0.3, 0.4) is 0 Å². The van der Waals surface area contributed by atoms with Crippen LogP contribution in [0.1, 0.15) is 12.8 Å². The van der Waals surface area contributed by atoms with E-state index in [0.717, 1.165) is 12.1 Å². The fraction of sp³-hybridized carbons (Fsp3) is 0.308. The van der Waals surface area contributed by atoms with Crippen LogP contribution in [0.5, 0.6) is 0 Å². The Balaban J connectivity index is 0.00000106. The van der Waals surface area contributed by atoms with E-state index in [9.17, 15) is 23.3 Å². The van der Waals surface area contributed by atoms with Crippen molar-refractivity contribution in [1.82, 2.24) is 4.31 Å². The van der Waals surface area contributed by atoms with Crippen molar-refractivity contribution in [3.63, 3.8) is 0 Å². The van der Waals surface area contributed by atoms with Crippen LogP contribution in [0.4, 0.5) is 5.69 Å². The standard InChI is InChI=1S/C11H12N2O5S.C2H4/c14-10-5-7-12(8-6-10)19(17,18)11-3-1-9(2-4-11)13(15)16;1-2/h1-4H,5-8H2;1-2H2. The fourth-order valence-corrected chi connectivity index (χ4v) is 3.31. The van der Waals surface area contributed by atoms with E-state index in [-0.39, 0.29) is 42.3 Å². The Kier molecular flexibility index (Phi) is 5.74. The molecule has 21 heavy (non-hydrogen) atoms. The van der Waals surface area contributed by atoms with Crippen LogP contribution < -0.4 is 0 Å². The maximum absolute atomic E-state index is 12.2. The minimum Gasteiger partial charge on any atom is -0.300 e. The van der Waals surface area contributed by atoms with Crippen molar-refractivity contribution in [2.75, 3.05) is 13.1 Å². The number of ketones is 1. The third kappa shape index (κ3) is 3.96. The number of rotatable bonds is 3. The largest absolute Gasteiger partial charge is 0.300 e. The Hall–Kier alpha value is -2.06. The first-order valence-corrected chi connectivity index (χ1v) is 7.61. The van der Waals surface area contributed by atoms with Gasteiger partial charge in [-0.25, -0.2) is 8.42 Å². The van der Waals surface area contributed by atoms with E-state index in [1.807, 2.05) is 0 Å². The molecule has 1 aromatic rings. The maximum Gasteiger partial charge on any atom is 0.269 e. The molecule has 0 N–H and O–H groups in total. The van der Waals surface area contributed by atoms with Crippen molar-refractivity contribution >= 4 is 21.5 Å². The van der Waals surface area contributed by atoms with Crippen LogP contribution in [-0.2, 0) is 14.8 Å². The number of piperidine rings is 1. The van der Waals surface area contributed by atoms with Gasteiger partial charge in [-0.05, 0) is 12.1 Å². The highest BCUT2D eigenvalue weighted by atomic mass is 32.2. The predicted octanol–water partition coefficient (Wildman–Crippen LogP) is 1.75. The van der Waals surface area contributed by atoms with Gasteiger partial charge >= 0.3 is 0 Å². The quantitative estimate of drug-likeness (QED) is 0.481. The van der Waals surface area contributed by atoms with Gasteiger partial charge in [-0.2, -0.15) is 4.31 Å². The van der Waals surface area contributed by atoms with Crippen molar-refractivity contribution in [1.29, 1.82) is 0 Å². The molecular weight excluding hydrogens is 296 g/mol. The molecule has 0 unspecified atom stereocenters. The molecule has 0 spiro atoms. The molecule has 0 aromatic heterocycles. The van der Waals surface area contributed by atoms with E-state index in [1.165, 1.54) is 16.4 Å². The molecule has 1 aromatic carbocycles. The van der Waals surface area contributed by atoms with Crippen molar-refractivity contribution in [3.8, 4) is 0 Å². The minimum atomic E-state index is -3.67. The average Bonchev–Trinajstić information content (AvgIpc) is 2.50. The first kappa shape index (κ1) is 17.0. The van der Waals surface area contributed by atoms with Gasteiger partial charge in [0.25, 0.3) is 5.69 Å². The molecule has 1 aliphatic heterocycles. The van der Waals surface area contributed by atoms with E-state index < -0.39 is 14.9 Å². The van der Waals surface area contributed by atoms with E-state index in [4.69, 9.17) is 0 Å².